The molecule has 0 aromatic rings. The Kier molecular flexibility index (Phi) is 10.3. The predicted octanol–water partition coefficient (Wildman–Crippen LogP) is 1.68. The van der Waals surface area contributed by atoms with Crippen LogP contribution in [0.1, 0.15) is 6.92 Å². The first kappa shape index (κ1) is 12.6. The molecule has 0 bridgehead atoms. The molecule has 11 heavy (non-hydrogen) atoms. The minimum absolute atomic E-state index is 0.824. The Hall–Kier alpha value is -1.04. The van der Waals surface area contributed by atoms with Crippen LogP contribution in [0.25, 0.3) is 0 Å². The first-order valence-electron chi connectivity index (χ1n) is 2.34. The van der Waals surface area contributed by atoms with Crippen molar-refractivity contribution in [2.45, 2.75) is 6.92 Å². The van der Waals surface area contributed by atoms with Crippen molar-refractivity contribution in [3.05, 3.63) is 12.8 Å². The van der Waals surface area contributed by atoms with Crippen molar-refractivity contribution in [3.63, 3.8) is 0 Å². The van der Waals surface area contributed by atoms with Crippen LogP contribution in [0.3, 0.4) is 0 Å². The first-order chi connectivity index (χ1) is 5.04. The average Bonchev–Trinajstić information content (AvgIpc) is 1.87. The third kappa shape index (κ3) is 27.7. The van der Waals surface area contributed by atoms with E-state index in [0.717, 1.165) is 13.2 Å². The van der Waals surface area contributed by atoms with Crippen molar-refractivity contribution in [3.8, 4) is 0 Å². The maximum Gasteiger partial charge on any atom is 0.525 e. The summed E-state index contributed by atoms with van der Waals surface area (Å²) in [4.78, 5) is 18.8. The molecule has 6 heteroatoms. The molecule has 0 saturated heterocycles. The largest absolute Gasteiger partial charge is 0.525 e. The van der Waals surface area contributed by atoms with Gasteiger partial charge >= 0.3 is 6.16 Å². The van der Waals surface area contributed by atoms with Crippen LogP contribution >= 0.6 is 16.3 Å². The van der Waals surface area contributed by atoms with Crippen LogP contribution in [0.5, 0.6) is 0 Å². The smallest absolute Gasteiger partial charge is 0.481 e. The molecule has 5 nitrogen and oxygen atoms in total. The van der Waals surface area contributed by atoms with E-state index in [1.54, 1.807) is 0 Å². The number of rotatable bonds is 1. The predicted molar refractivity (Wildman–Crippen MR) is 40.0 cm³/mol. The minimum atomic E-state index is -0.833. The number of carboxylic acid groups (broad SMARTS) is 1. The Morgan fingerprint density at radius 1 is 1.64 bits per heavy atom. The van der Waals surface area contributed by atoms with Crippen LogP contribution in [0.15, 0.2) is 12.8 Å². The fraction of sp³-hybridized carbons (Fsp3) is 0.200. The summed E-state index contributed by atoms with van der Waals surface area (Å²) in [6.07, 6.45) is 0.152. The molecule has 0 aliphatic carbocycles. The van der Waals surface area contributed by atoms with E-state index in [1.165, 1.54) is 0 Å². The van der Waals surface area contributed by atoms with Gasteiger partial charge in [-0.3, -0.25) is 4.79 Å². The van der Waals surface area contributed by atoms with Crippen LogP contribution in [-0.2, 0) is 13.4 Å². The molecule has 0 rings (SSSR count). The van der Waals surface area contributed by atoms with E-state index in [9.17, 15) is 4.79 Å². The average molecular weight is 227 g/mol. The molecule has 0 heterocycles. The van der Waals surface area contributed by atoms with Gasteiger partial charge in [0.25, 0.3) is 5.97 Å². The second-order valence-corrected chi connectivity index (χ2v) is 1.45. The van der Waals surface area contributed by atoms with E-state index in [-0.39, 0.29) is 0 Å². The molecule has 0 aliphatic heterocycles. The van der Waals surface area contributed by atoms with Gasteiger partial charge in [0.2, 0.25) is 0 Å². The van der Waals surface area contributed by atoms with E-state index in [1.807, 2.05) is 0 Å². The summed E-state index contributed by atoms with van der Waals surface area (Å²) in [6.45, 7) is 4.19. The van der Waals surface area contributed by atoms with Crippen LogP contribution in [0.2, 0.25) is 0 Å². The van der Waals surface area contributed by atoms with Gasteiger partial charge in [0, 0.05) is 6.92 Å². The highest BCUT2D eigenvalue weighted by Gasteiger charge is 1.93. The molecule has 0 amide bonds. The van der Waals surface area contributed by atoms with Crippen molar-refractivity contribution >= 4 is 28.4 Å². The number of carboxylic acids is 1. The molecule has 1 N–H and O–H groups in total. The zero-order valence-corrected chi connectivity index (χ0v) is 7.33. The Balaban J connectivity index is 0. The van der Waals surface area contributed by atoms with E-state index in [2.05, 4.69) is 31.4 Å². The standard InChI is InChI=1S/C3H3BrO3.C2H4O2/c1-2-6-3(5)7-4;1-2(3)4/h2H,1H2;1H3,(H,3,4). The zero-order chi connectivity index (χ0) is 9.28. The summed E-state index contributed by atoms with van der Waals surface area (Å²) in [5.41, 5.74) is 0. The molecule has 0 spiro atoms. The summed E-state index contributed by atoms with van der Waals surface area (Å²) in [5.74, 6) is -0.833. The van der Waals surface area contributed by atoms with E-state index in [4.69, 9.17) is 9.90 Å². The Bertz CT molecular complexity index is 140. The molecular formula is C5H7BrO5. The number of aliphatic carboxylic acids is 1. The van der Waals surface area contributed by atoms with E-state index >= 15 is 0 Å². The normalized spacial score (nSPS) is 6.73. The molecule has 0 fully saturated rings. The number of halogens is 1. The van der Waals surface area contributed by atoms with Crippen molar-refractivity contribution in [2.75, 3.05) is 0 Å². The third-order valence-electron chi connectivity index (χ3n) is 0.243. The van der Waals surface area contributed by atoms with Gasteiger partial charge in [0.15, 0.2) is 16.3 Å². The van der Waals surface area contributed by atoms with Crippen molar-refractivity contribution in [1.29, 1.82) is 0 Å². The number of hydrogen-bond donors (Lipinski definition) is 1. The van der Waals surface area contributed by atoms with Crippen molar-refractivity contribution < 1.29 is 23.3 Å². The molecule has 0 saturated carbocycles. The van der Waals surface area contributed by atoms with Gasteiger partial charge in [0.1, 0.15) is 0 Å². The Morgan fingerprint density at radius 2 is 2.00 bits per heavy atom. The number of hydrogen-bond acceptors (Lipinski definition) is 4. The van der Waals surface area contributed by atoms with Gasteiger partial charge in [-0.1, -0.05) is 6.58 Å². The second-order valence-electron chi connectivity index (χ2n) is 1.13. The Labute approximate surface area is 72.1 Å². The second kappa shape index (κ2) is 8.96. The molecular weight excluding hydrogens is 220 g/mol. The number of carbonyl (C=O) groups is 2. The van der Waals surface area contributed by atoms with Crippen LogP contribution < -0.4 is 0 Å². The van der Waals surface area contributed by atoms with Gasteiger partial charge in [-0.2, -0.15) is 0 Å². The topological polar surface area (TPSA) is 72.8 Å². The lowest BCUT2D eigenvalue weighted by molar-refractivity contribution is -0.134. The molecule has 64 valence electrons. The first-order valence-corrected chi connectivity index (χ1v) is 2.99. The maximum atomic E-state index is 9.85. The summed E-state index contributed by atoms with van der Waals surface area (Å²) >= 11 is 2.39. The molecule has 0 atom stereocenters. The maximum absolute atomic E-state index is 9.85. The van der Waals surface area contributed by atoms with E-state index < -0.39 is 12.1 Å². The molecule has 0 radical (unpaired) electrons. The highest BCUT2D eigenvalue weighted by Crippen LogP contribution is 1.89. The van der Waals surface area contributed by atoms with Gasteiger partial charge in [-0.25, -0.2) is 4.79 Å². The quantitative estimate of drug-likeness (QED) is 0.544. The lowest BCUT2D eigenvalue weighted by Crippen LogP contribution is -1.92. The van der Waals surface area contributed by atoms with E-state index in [0.29, 0.717) is 0 Å². The van der Waals surface area contributed by atoms with Gasteiger partial charge in [-0.15, -0.1) is 0 Å². The van der Waals surface area contributed by atoms with Crippen molar-refractivity contribution in [2.24, 2.45) is 0 Å². The molecule has 0 aromatic heterocycles. The van der Waals surface area contributed by atoms with Crippen LogP contribution in [0.4, 0.5) is 4.79 Å². The lowest BCUT2D eigenvalue weighted by atomic mass is 10.9. The molecule has 0 unspecified atom stereocenters. The summed E-state index contributed by atoms with van der Waals surface area (Å²) < 4.78 is 7.92. The SMILES string of the molecule is C=COC(=O)OBr.CC(=O)O. The fourth-order valence-corrected chi connectivity index (χ4v) is 0.163. The molecule has 0 aromatic carbocycles. The molecule has 0 aliphatic rings. The number of ether oxygens (including phenoxy) is 1. The van der Waals surface area contributed by atoms with Crippen LogP contribution in [0, 0.1) is 0 Å². The zero-order valence-electron chi connectivity index (χ0n) is 5.74. The summed E-state index contributed by atoms with van der Waals surface area (Å²) in [6, 6.07) is 0. The van der Waals surface area contributed by atoms with Crippen molar-refractivity contribution in [1.82, 2.24) is 0 Å². The highest BCUT2D eigenvalue weighted by molar-refractivity contribution is 9.06. The minimum Gasteiger partial charge on any atom is -0.481 e. The third-order valence-corrected chi connectivity index (χ3v) is 0.507. The lowest BCUT2D eigenvalue weighted by Gasteiger charge is -1.87. The summed E-state index contributed by atoms with van der Waals surface area (Å²) in [5, 5.41) is 7.42. The number of carbonyl (C=O) groups excluding carboxylic acids is 1. The monoisotopic (exact) mass is 226 g/mol. The fourth-order valence-electron chi connectivity index (χ4n) is 0.0862. The van der Waals surface area contributed by atoms with Gasteiger partial charge < -0.3 is 13.7 Å². The van der Waals surface area contributed by atoms with Gasteiger partial charge in [-0.05, 0) is 0 Å². The Morgan fingerprint density at radius 3 is 2.09 bits per heavy atom. The van der Waals surface area contributed by atoms with Crippen LogP contribution in [-0.4, -0.2) is 17.2 Å². The highest BCUT2D eigenvalue weighted by atomic mass is 79.9. The van der Waals surface area contributed by atoms with Gasteiger partial charge in [0.05, 0.1) is 6.26 Å². The summed E-state index contributed by atoms with van der Waals surface area (Å²) in [7, 11) is 0.